The molecule has 0 saturated carbocycles. The molecule has 1 saturated heterocycles. The highest BCUT2D eigenvalue weighted by Gasteiger charge is 2.23. The Bertz CT molecular complexity index is 1140. The molecule has 1 aliphatic rings. The van der Waals surface area contributed by atoms with Gasteiger partial charge in [-0.15, -0.1) is 0 Å². The van der Waals surface area contributed by atoms with Gasteiger partial charge in [-0.1, -0.05) is 41.9 Å². The minimum Gasteiger partial charge on any atom is -0.370 e. The molecule has 0 radical (unpaired) electrons. The SMILES string of the molecule is Cc1nn(Cc2ccccc2)c(Cl)c1C(=O)Nc1cc(C(N)=O)ccc1N1CCCCC1. The molecule has 7 nitrogen and oxygen atoms in total. The summed E-state index contributed by atoms with van der Waals surface area (Å²) in [6.07, 6.45) is 3.36. The molecule has 0 spiro atoms. The first-order chi connectivity index (χ1) is 15.4. The van der Waals surface area contributed by atoms with E-state index in [0.717, 1.165) is 37.2 Å². The van der Waals surface area contributed by atoms with Gasteiger partial charge in [-0.2, -0.15) is 5.10 Å². The quantitative estimate of drug-likeness (QED) is 0.586. The van der Waals surface area contributed by atoms with Crippen molar-refractivity contribution in [2.45, 2.75) is 32.7 Å². The average molecular weight is 452 g/mol. The zero-order chi connectivity index (χ0) is 22.7. The molecule has 0 unspecified atom stereocenters. The number of hydrogen-bond donors (Lipinski definition) is 2. The van der Waals surface area contributed by atoms with Crippen LogP contribution in [0.2, 0.25) is 5.15 Å². The molecule has 1 aromatic heterocycles. The highest BCUT2D eigenvalue weighted by Crippen LogP contribution is 2.31. The predicted octanol–water partition coefficient (Wildman–Crippen LogP) is 4.23. The molecule has 0 aliphatic carbocycles. The normalized spacial score (nSPS) is 13.8. The van der Waals surface area contributed by atoms with Gasteiger partial charge in [0.05, 0.1) is 29.2 Å². The predicted molar refractivity (Wildman–Crippen MR) is 126 cm³/mol. The summed E-state index contributed by atoms with van der Waals surface area (Å²) in [7, 11) is 0. The van der Waals surface area contributed by atoms with Gasteiger partial charge in [0.1, 0.15) is 5.15 Å². The van der Waals surface area contributed by atoms with Crippen LogP contribution in [-0.4, -0.2) is 34.7 Å². The van der Waals surface area contributed by atoms with E-state index >= 15 is 0 Å². The number of carbonyl (C=O) groups is 2. The van der Waals surface area contributed by atoms with Gasteiger partial charge in [0, 0.05) is 18.7 Å². The van der Waals surface area contributed by atoms with Gasteiger partial charge in [-0.3, -0.25) is 9.59 Å². The maximum atomic E-state index is 13.3. The molecule has 8 heteroatoms. The van der Waals surface area contributed by atoms with Crippen molar-refractivity contribution >= 4 is 34.8 Å². The fourth-order valence-electron chi connectivity index (χ4n) is 4.06. The lowest BCUT2D eigenvalue weighted by Gasteiger charge is -2.30. The third-order valence-electron chi connectivity index (χ3n) is 5.69. The van der Waals surface area contributed by atoms with Crippen LogP contribution in [-0.2, 0) is 6.54 Å². The van der Waals surface area contributed by atoms with Crippen LogP contribution in [0.4, 0.5) is 11.4 Å². The zero-order valence-electron chi connectivity index (χ0n) is 18.0. The highest BCUT2D eigenvalue weighted by molar-refractivity contribution is 6.33. The Hall–Kier alpha value is -3.32. The Kier molecular flexibility index (Phi) is 6.46. The first-order valence-corrected chi connectivity index (χ1v) is 11.1. The largest absolute Gasteiger partial charge is 0.370 e. The van der Waals surface area contributed by atoms with Crippen molar-refractivity contribution in [2.75, 3.05) is 23.3 Å². The second-order valence-electron chi connectivity index (χ2n) is 7.99. The van der Waals surface area contributed by atoms with E-state index in [4.69, 9.17) is 17.3 Å². The fraction of sp³-hybridized carbons (Fsp3) is 0.292. The van der Waals surface area contributed by atoms with Gasteiger partial charge >= 0.3 is 0 Å². The summed E-state index contributed by atoms with van der Waals surface area (Å²) in [4.78, 5) is 27.2. The van der Waals surface area contributed by atoms with E-state index in [0.29, 0.717) is 29.1 Å². The standard InChI is InChI=1S/C24H26ClN5O2/c1-16-21(22(25)30(28-16)15-17-8-4-2-5-9-17)24(32)27-19-14-18(23(26)31)10-11-20(19)29-12-6-3-7-13-29/h2,4-5,8-11,14H,3,6-7,12-13,15H2,1H3,(H2,26,31)(H,27,32). The summed E-state index contributed by atoms with van der Waals surface area (Å²) < 4.78 is 1.62. The lowest BCUT2D eigenvalue weighted by atomic mass is 10.1. The average Bonchev–Trinajstić information content (AvgIpc) is 3.07. The lowest BCUT2D eigenvalue weighted by Crippen LogP contribution is -2.30. The van der Waals surface area contributed by atoms with E-state index in [1.165, 1.54) is 6.42 Å². The number of anilines is 2. The molecule has 4 rings (SSSR count). The molecule has 1 aliphatic heterocycles. The third-order valence-corrected chi connectivity index (χ3v) is 6.08. The van der Waals surface area contributed by atoms with Crippen molar-refractivity contribution in [1.82, 2.24) is 9.78 Å². The van der Waals surface area contributed by atoms with Gasteiger partial charge in [0.15, 0.2) is 0 Å². The molecule has 32 heavy (non-hydrogen) atoms. The van der Waals surface area contributed by atoms with E-state index in [1.807, 2.05) is 36.4 Å². The van der Waals surface area contributed by atoms with Crippen LogP contribution in [0, 0.1) is 6.92 Å². The van der Waals surface area contributed by atoms with Gasteiger partial charge in [0.2, 0.25) is 5.91 Å². The molecular weight excluding hydrogens is 426 g/mol. The second-order valence-corrected chi connectivity index (χ2v) is 8.35. The minimum absolute atomic E-state index is 0.273. The number of piperidine rings is 1. The summed E-state index contributed by atoms with van der Waals surface area (Å²) in [6, 6.07) is 15.0. The van der Waals surface area contributed by atoms with Crippen LogP contribution in [0.3, 0.4) is 0 Å². The van der Waals surface area contributed by atoms with Crippen LogP contribution in [0.1, 0.15) is 51.2 Å². The van der Waals surface area contributed by atoms with Gasteiger partial charge in [-0.05, 0) is 49.9 Å². The van der Waals surface area contributed by atoms with Gasteiger partial charge in [-0.25, -0.2) is 4.68 Å². The van der Waals surface area contributed by atoms with Crippen LogP contribution < -0.4 is 16.0 Å². The number of hydrogen-bond acceptors (Lipinski definition) is 4. The van der Waals surface area contributed by atoms with Crippen molar-refractivity contribution in [3.05, 3.63) is 76.1 Å². The Labute approximate surface area is 192 Å². The molecule has 0 bridgehead atoms. The van der Waals surface area contributed by atoms with Crippen molar-refractivity contribution in [2.24, 2.45) is 5.73 Å². The highest BCUT2D eigenvalue weighted by atomic mass is 35.5. The van der Waals surface area contributed by atoms with Crippen LogP contribution in [0.5, 0.6) is 0 Å². The first-order valence-electron chi connectivity index (χ1n) is 10.7. The summed E-state index contributed by atoms with van der Waals surface area (Å²) in [5, 5.41) is 7.69. The number of aryl methyl sites for hydroxylation is 1. The number of halogens is 1. The Morgan fingerprint density at radius 2 is 1.81 bits per heavy atom. The number of rotatable bonds is 6. The summed E-state index contributed by atoms with van der Waals surface area (Å²) in [6.45, 7) is 4.01. The topological polar surface area (TPSA) is 93.2 Å². The third kappa shape index (κ3) is 4.62. The van der Waals surface area contributed by atoms with Crippen molar-refractivity contribution in [1.29, 1.82) is 0 Å². The van der Waals surface area contributed by atoms with E-state index in [1.54, 1.807) is 23.7 Å². The number of benzene rings is 2. The number of nitrogens with two attached hydrogens (primary N) is 1. The molecule has 2 aromatic carbocycles. The number of amides is 2. The Morgan fingerprint density at radius 1 is 1.09 bits per heavy atom. The van der Waals surface area contributed by atoms with Crippen molar-refractivity contribution in [3.8, 4) is 0 Å². The van der Waals surface area contributed by atoms with Crippen LogP contribution in [0.15, 0.2) is 48.5 Å². The Morgan fingerprint density at radius 3 is 2.50 bits per heavy atom. The maximum Gasteiger partial charge on any atom is 0.260 e. The van der Waals surface area contributed by atoms with Crippen LogP contribution >= 0.6 is 11.6 Å². The first kappa shape index (κ1) is 21.9. The molecule has 1 fully saturated rings. The summed E-state index contributed by atoms with van der Waals surface area (Å²) >= 11 is 6.57. The second kappa shape index (κ2) is 9.44. The van der Waals surface area contributed by atoms with E-state index in [2.05, 4.69) is 15.3 Å². The van der Waals surface area contributed by atoms with Gasteiger partial charge < -0.3 is 16.0 Å². The lowest BCUT2D eigenvalue weighted by molar-refractivity contribution is 0.0996. The molecular formula is C24H26ClN5O2. The van der Waals surface area contributed by atoms with E-state index in [9.17, 15) is 9.59 Å². The number of carbonyl (C=O) groups excluding carboxylic acids is 2. The van der Waals surface area contributed by atoms with E-state index < -0.39 is 5.91 Å². The maximum absolute atomic E-state index is 13.3. The molecule has 0 atom stereocenters. The number of primary amides is 1. The number of nitrogens with zero attached hydrogens (tertiary/aromatic N) is 3. The molecule has 3 aromatic rings. The minimum atomic E-state index is -0.546. The van der Waals surface area contributed by atoms with Crippen LogP contribution in [0.25, 0.3) is 0 Å². The zero-order valence-corrected chi connectivity index (χ0v) is 18.7. The summed E-state index contributed by atoms with van der Waals surface area (Å²) in [5.41, 5.74) is 9.11. The summed E-state index contributed by atoms with van der Waals surface area (Å²) in [5.74, 6) is -0.915. The molecule has 2 heterocycles. The molecule has 166 valence electrons. The van der Waals surface area contributed by atoms with Gasteiger partial charge in [0.25, 0.3) is 5.91 Å². The molecule has 2 amide bonds. The van der Waals surface area contributed by atoms with Crippen molar-refractivity contribution < 1.29 is 9.59 Å². The molecule has 3 N–H and O–H groups in total. The van der Waals surface area contributed by atoms with E-state index in [-0.39, 0.29) is 11.1 Å². The van der Waals surface area contributed by atoms with Crippen molar-refractivity contribution in [3.63, 3.8) is 0 Å². The smallest absolute Gasteiger partial charge is 0.260 e. The Balaban J connectivity index is 1.63. The number of aromatic nitrogens is 2. The monoisotopic (exact) mass is 451 g/mol. The fourth-order valence-corrected chi connectivity index (χ4v) is 4.38. The number of nitrogens with one attached hydrogen (secondary N) is 1.